The van der Waals surface area contributed by atoms with E-state index in [0.717, 1.165) is 37.7 Å². The Morgan fingerprint density at radius 1 is 1.00 bits per heavy atom. The van der Waals surface area contributed by atoms with Crippen LogP contribution in [-0.2, 0) is 9.59 Å². The summed E-state index contributed by atoms with van der Waals surface area (Å²) in [5.74, 6) is -1.08. The molecule has 0 bridgehead atoms. The highest BCUT2D eigenvalue weighted by Gasteiger charge is 2.42. The third-order valence-corrected chi connectivity index (χ3v) is 6.39. The van der Waals surface area contributed by atoms with Crippen LogP contribution in [0.5, 0.6) is 0 Å². The predicted molar refractivity (Wildman–Crippen MR) is 124 cm³/mol. The molecular formula is C25H26ClN3O3. The van der Waals surface area contributed by atoms with E-state index in [4.69, 9.17) is 11.6 Å². The van der Waals surface area contributed by atoms with E-state index in [1.807, 2.05) is 37.3 Å². The minimum Gasteiger partial charge on any atom is -0.350 e. The van der Waals surface area contributed by atoms with Gasteiger partial charge in [0.2, 0.25) is 0 Å². The Kier molecular flexibility index (Phi) is 6.61. The molecule has 166 valence electrons. The van der Waals surface area contributed by atoms with Crippen LogP contribution in [-0.4, -0.2) is 28.7 Å². The van der Waals surface area contributed by atoms with Crippen molar-refractivity contribution in [3.8, 4) is 0 Å². The first-order valence-corrected chi connectivity index (χ1v) is 11.3. The number of nitrogens with one attached hydrogen (secondary N) is 2. The Balaban J connectivity index is 1.47. The van der Waals surface area contributed by atoms with Gasteiger partial charge in [0.25, 0.3) is 17.7 Å². The van der Waals surface area contributed by atoms with Gasteiger partial charge in [-0.3, -0.25) is 19.3 Å². The highest BCUT2D eigenvalue weighted by molar-refractivity contribution is 6.48. The quantitative estimate of drug-likeness (QED) is 0.622. The van der Waals surface area contributed by atoms with Gasteiger partial charge in [-0.2, -0.15) is 0 Å². The van der Waals surface area contributed by atoms with Crippen molar-refractivity contribution in [3.63, 3.8) is 0 Å². The fourth-order valence-corrected chi connectivity index (χ4v) is 4.51. The molecule has 1 atom stereocenters. The van der Waals surface area contributed by atoms with Crippen molar-refractivity contribution >= 4 is 35.0 Å². The van der Waals surface area contributed by atoms with Gasteiger partial charge in [-0.1, -0.05) is 67.3 Å². The maximum absolute atomic E-state index is 13.0. The summed E-state index contributed by atoms with van der Waals surface area (Å²) in [7, 11) is 0. The predicted octanol–water partition coefficient (Wildman–Crippen LogP) is 4.74. The third-order valence-electron chi connectivity index (χ3n) is 6.04. The summed E-state index contributed by atoms with van der Waals surface area (Å²) < 4.78 is 0. The van der Waals surface area contributed by atoms with Crippen LogP contribution in [0.25, 0.3) is 0 Å². The Labute approximate surface area is 192 Å². The van der Waals surface area contributed by atoms with Gasteiger partial charge in [0.05, 0.1) is 6.04 Å². The normalized spacial score (nSPS) is 18.1. The molecule has 1 fully saturated rings. The van der Waals surface area contributed by atoms with Crippen LogP contribution in [0.1, 0.15) is 61.0 Å². The lowest BCUT2D eigenvalue weighted by molar-refractivity contribution is -0.140. The maximum atomic E-state index is 13.0. The van der Waals surface area contributed by atoms with Crippen LogP contribution in [0, 0.1) is 0 Å². The molecule has 0 saturated heterocycles. The number of carbonyl (C=O) groups is 3. The average molecular weight is 452 g/mol. The van der Waals surface area contributed by atoms with Crippen molar-refractivity contribution in [1.29, 1.82) is 0 Å². The molecule has 0 radical (unpaired) electrons. The molecule has 2 aliphatic rings. The zero-order chi connectivity index (χ0) is 22.7. The fourth-order valence-electron chi connectivity index (χ4n) is 4.29. The van der Waals surface area contributed by atoms with Crippen LogP contribution in [0.4, 0.5) is 5.69 Å². The number of amides is 3. The first-order chi connectivity index (χ1) is 15.5. The van der Waals surface area contributed by atoms with Gasteiger partial charge in [0.15, 0.2) is 0 Å². The number of imide groups is 1. The largest absolute Gasteiger partial charge is 0.350 e. The second-order valence-corrected chi connectivity index (χ2v) is 8.65. The molecule has 0 unspecified atom stereocenters. The second-order valence-electron chi connectivity index (χ2n) is 8.27. The van der Waals surface area contributed by atoms with Crippen molar-refractivity contribution in [1.82, 2.24) is 10.2 Å². The summed E-state index contributed by atoms with van der Waals surface area (Å²) in [6.07, 6.45) is 4.74. The number of carbonyl (C=O) groups excluding carboxylic acids is 3. The minimum atomic E-state index is -0.448. The van der Waals surface area contributed by atoms with Crippen molar-refractivity contribution in [3.05, 3.63) is 76.5 Å². The van der Waals surface area contributed by atoms with Crippen LogP contribution in [0.3, 0.4) is 0 Å². The molecule has 32 heavy (non-hydrogen) atoms. The number of hydrogen-bond acceptors (Lipinski definition) is 4. The van der Waals surface area contributed by atoms with E-state index in [2.05, 4.69) is 10.6 Å². The van der Waals surface area contributed by atoms with E-state index in [1.54, 1.807) is 24.3 Å². The van der Waals surface area contributed by atoms with Gasteiger partial charge in [-0.05, 0) is 43.5 Å². The topological polar surface area (TPSA) is 78.5 Å². The van der Waals surface area contributed by atoms with E-state index in [-0.39, 0.29) is 28.7 Å². The number of benzene rings is 2. The van der Waals surface area contributed by atoms with E-state index in [9.17, 15) is 14.4 Å². The Hall–Kier alpha value is -3.12. The molecule has 2 aromatic rings. The molecule has 2 N–H and O–H groups in total. The molecular weight excluding hydrogens is 426 g/mol. The molecule has 4 rings (SSSR count). The summed E-state index contributed by atoms with van der Waals surface area (Å²) in [5.41, 5.74) is 2.03. The second kappa shape index (κ2) is 9.57. The van der Waals surface area contributed by atoms with Gasteiger partial charge in [-0.15, -0.1) is 0 Å². The molecule has 7 heteroatoms. The Morgan fingerprint density at radius 3 is 2.44 bits per heavy atom. The van der Waals surface area contributed by atoms with Crippen LogP contribution in [0.2, 0.25) is 0 Å². The number of halogens is 1. The summed E-state index contributed by atoms with van der Waals surface area (Å²) in [4.78, 5) is 39.7. The molecule has 3 amide bonds. The average Bonchev–Trinajstić information content (AvgIpc) is 3.03. The van der Waals surface area contributed by atoms with Gasteiger partial charge < -0.3 is 10.6 Å². The fraction of sp³-hybridized carbons (Fsp3) is 0.320. The van der Waals surface area contributed by atoms with Gasteiger partial charge in [-0.25, -0.2) is 0 Å². The highest BCUT2D eigenvalue weighted by atomic mass is 35.5. The molecule has 1 saturated carbocycles. The summed E-state index contributed by atoms with van der Waals surface area (Å²) in [5, 5.41) is 5.85. The SMILES string of the molecule is C[C@@H](NC(=O)c1cccc(NC2=C(Cl)C(=O)N(C3CCCCC3)C2=O)c1)c1ccccc1. The lowest BCUT2D eigenvalue weighted by Gasteiger charge is -2.29. The molecule has 2 aromatic carbocycles. The molecule has 6 nitrogen and oxygen atoms in total. The smallest absolute Gasteiger partial charge is 0.279 e. The van der Waals surface area contributed by atoms with E-state index >= 15 is 0 Å². The van der Waals surface area contributed by atoms with Crippen LogP contribution in [0.15, 0.2) is 65.3 Å². The van der Waals surface area contributed by atoms with Crippen LogP contribution < -0.4 is 10.6 Å². The molecule has 0 aromatic heterocycles. The number of anilines is 1. The van der Waals surface area contributed by atoms with Crippen molar-refractivity contribution in [2.75, 3.05) is 5.32 Å². The third kappa shape index (κ3) is 4.55. The van der Waals surface area contributed by atoms with Crippen molar-refractivity contribution in [2.45, 2.75) is 51.1 Å². The lowest BCUT2D eigenvalue weighted by atomic mass is 9.94. The number of hydrogen-bond donors (Lipinski definition) is 2. The van der Waals surface area contributed by atoms with Gasteiger partial charge >= 0.3 is 0 Å². The van der Waals surface area contributed by atoms with E-state index < -0.39 is 11.8 Å². The minimum absolute atomic E-state index is 0.0671. The van der Waals surface area contributed by atoms with E-state index in [1.165, 1.54) is 4.90 Å². The molecule has 1 aliphatic heterocycles. The zero-order valence-electron chi connectivity index (χ0n) is 17.9. The van der Waals surface area contributed by atoms with Crippen molar-refractivity contribution in [2.24, 2.45) is 0 Å². The number of rotatable bonds is 6. The Morgan fingerprint density at radius 2 is 1.72 bits per heavy atom. The number of nitrogens with zero attached hydrogens (tertiary/aromatic N) is 1. The maximum Gasteiger partial charge on any atom is 0.279 e. The Bertz CT molecular complexity index is 1060. The first kappa shape index (κ1) is 22.1. The monoisotopic (exact) mass is 451 g/mol. The van der Waals surface area contributed by atoms with E-state index in [0.29, 0.717) is 11.3 Å². The van der Waals surface area contributed by atoms with Gasteiger partial charge in [0.1, 0.15) is 10.7 Å². The summed E-state index contributed by atoms with van der Waals surface area (Å²) in [6.45, 7) is 1.92. The zero-order valence-corrected chi connectivity index (χ0v) is 18.7. The molecule has 1 heterocycles. The van der Waals surface area contributed by atoms with Crippen LogP contribution >= 0.6 is 11.6 Å². The molecule has 0 spiro atoms. The molecule has 1 aliphatic carbocycles. The lowest BCUT2D eigenvalue weighted by Crippen LogP contribution is -2.42. The van der Waals surface area contributed by atoms with Crippen molar-refractivity contribution < 1.29 is 14.4 Å². The highest BCUT2D eigenvalue weighted by Crippen LogP contribution is 2.32. The summed E-state index contributed by atoms with van der Waals surface area (Å²) in [6, 6.07) is 16.2. The first-order valence-electron chi connectivity index (χ1n) is 11.0. The summed E-state index contributed by atoms with van der Waals surface area (Å²) >= 11 is 6.25. The standard InChI is InChI=1S/C25H26ClN3O3/c1-16(17-9-4-2-5-10-17)27-23(30)18-11-8-12-19(15-18)28-22-21(26)24(31)29(25(22)32)20-13-6-3-7-14-20/h2,4-5,8-12,15-16,20,28H,3,6-7,13-14H2,1H3,(H,27,30)/t16-/m1/s1. The van der Waals surface area contributed by atoms with Gasteiger partial charge in [0, 0.05) is 17.3 Å².